The Bertz CT molecular complexity index is 964. The van der Waals surface area contributed by atoms with Crippen molar-refractivity contribution in [2.24, 2.45) is 0 Å². The van der Waals surface area contributed by atoms with Gasteiger partial charge in [0.25, 0.3) is 20.2 Å². The summed E-state index contributed by atoms with van der Waals surface area (Å²) in [7, 11) is -9.39. The van der Waals surface area contributed by atoms with Crippen LogP contribution in [0.1, 0.15) is 11.1 Å². The van der Waals surface area contributed by atoms with Gasteiger partial charge in [0.15, 0.2) is 0 Å². The molecule has 8 nitrogen and oxygen atoms in total. The molecule has 130 valence electrons. The van der Waals surface area contributed by atoms with E-state index in [0.717, 1.165) is 12.1 Å². The maximum Gasteiger partial charge on any atom is 1.00 e. The summed E-state index contributed by atoms with van der Waals surface area (Å²) in [5, 5.41) is 0. The number of nitrogen functional groups attached to an aromatic ring is 2. The molecule has 0 aliphatic heterocycles. The predicted molar refractivity (Wildman–Crippen MR) is 89.8 cm³/mol. The Kier molecular flexibility index (Phi) is 6.34. The minimum absolute atomic E-state index is 0. The van der Waals surface area contributed by atoms with E-state index < -0.39 is 30.0 Å². The molecule has 0 saturated heterocycles. The molecule has 0 bridgehead atoms. The zero-order chi connectivity index (χ0) is 18.4. The summed E-state index contributed by atoms with van der Waals surface area (Å²) in [5.41, 5.74) is 12.3. The van der Waals surface area contributed by atoms with E-state index in [2.05, 4.69) is 0 Å². The van der Waals surface area contributed by atoms with Gasteiger partial charge in [-0.05, 0) is 49.2 Å². The van der Waals surface area contributed by atoms with Crippen LogP contribution in [0.4, 0.5) is 11.4 Å². The quantitative estimate of drug-likeness (QED) is 0.281. The van der Waals surface area contributed by atoms with Crippen molar-refractivity contribution in [1.82, 2.24) is 0 Å². The van der Waals surface area contributed by atoms with Crippen molar-refractivity contribution in [3.63, 3.8) is 0 Å². The number of hydrogen-bond donors (Lipinski definition) is 4. The fourth-order valence-corrected chi connectivity index (χ4v) is 3.70. The van der Waals surface area contributed by atoms with Crippen LogP contribution in [0, 0.1) is 13.8 Å². The molecule has 0 aliphatic carbocycles. The molecule has 11 heteroatoms. The summed E-state index contributed by atoms with van der Waals surface area (Å²) in [5.74, 6) is 0. The normalized spacial score (nSPS) is 11.8. The Morgan fingerprint density at radius 1 is 0.720 bits per heavy atom. The molecule has 2 rings (SSSR count). The predicted octanol–water partition coefficient (Wildman–Crippen LogP) is -1.37. The Balaban J connectivity index is 0.00000312. The third-order valence-corrected chi connectivity index (χ3v) is 5.37. The summed E-state index contributed by atoms with van der Waals surface area (Å²) in [6.45, 7) is 3.17. The van der Waals surface area contributed by atoms with Crippen LogP contribution in [0.25, 0.3) is 11.1 Å². The van der Waals surface area contributed by atoms with Crippen LogP contribution in [-0.2, 0) is 20.2 Å². The topological polar surface area (TPSA) is 161 Å². The van der Waals surface area contributed by atoms with E-state index in [1.54, 1.807) is 13.8 Å². The molecule has 0 amide bonds. The third-order valence-electron chi connectivity index (χ3n) is 3.58. The average Bonchev–Trinajstić information content (AvgIpc) is 2.41. The summed E-state index contributed by atoms with van der Waals surface area (Å²) in [6.07, 6.45) is 0. The first-order chi connectivity index (χ1) is 10.8. The number of hydrogen-bond acceptors (Lipinski definition) is 6. The SMILES string of the molecule is Cc1cc(-c2cc(C)c(N)cc2S(=O)(=O)O)c(S(=O)(=O)O)cc1N.[Na+]. The van der Waals surface area contributed by atoms with Crippen molar-refractivity contribution in [3.05, 3.63) is 35.4 Å². The van der Waals surface area contributed by atoms with Gasteiger partial charge in [0, 0.05) is 22.5 Å². The van der Waals surface area contributed by atoms with Crippen molar-refractivity contribution in [2.45, 2.75) is 23.6 Å². The van der Waals surface area contributed by atoms with Crippen LogP contribution in [0.5, 0.6) is 0 Å². The zero-order valence-corrected chi connectivity index (χ0v) is 17.4. The van der Waals surface area contributed by atoms with Crippen LogP contribution in [0.2, 0.25) is 0 Å². The van der Waals surface area contributed by atoms with Gasteiger partial charge in [0.05, 0.1) is 0 Å². The van der Waals surface area contributed by atoms with E-state index in [9.17, 15) is 25.9 Å². The fraction of sp³-hybridized carbons (Fsp3) is 0.143. The molecule has 0 aliphatic rings. The van der Waals surface area contributed by atoms with Crippen molar-refractivity contribution in [1.29, 1.82) is 0 Å². The maximum absolute atomic E-state index is 11.7. The molecule has 2 aromatic carbocycles. The van der Waals surface area contributed by atoms with E-state index in [4.69, 9.17) is 11.5 Å². The van der Waals surface area contributed by atoms with Gasteiger partial charge < -0.3 is 11.5 Å². The number of benzene rings is 2. The number of aryl methyl sites for hydroxylation is 2. The molecule has 0 fully saturated rings. The van der Waals surface area contributed by atoms with Crippen molar-refractivity contribution in [2.75, 3.05) is 11.5 Å². The molecule has 2 aromatic rings. The monoisotopic (exact) mass is 395 g/mol. The van der Waals surface area contributed by atoms with E-state index >= 15 is 0 Å². The second-order valence-corrected chi connectivity index (χ2v) is 8.14. The van der Waals surface area contributed by atoms with Crippen LogP contribution in [0.15, 0.2) is 34.1 Å². The molecule has 0 saturated carbocycles. The first kappa shape index (κ1) is 21.9. The van der Waals surface area contributed by atoms with E-state index in [0.29, 0.717) is 11.1 Å². The molecule has 0 aromatic heterocycles. The summed E-state index contributed by atoms with van der Waals surface area (Å²) < 4.78 is 65.6. The van der Waals surface area contributed by atoms with E-state index in [-0.39, 0.29) is 52.1 Å². The molecular weight excluding hydrogens is 379 g/mol. The van der Waals surface area contributed by atoms with Gasteiger partial charge >= 0.3 is 29.6 Å². The van der Waals surface area contributed by atoms with Gasteiger partial charge in [0.2, 0.25) is 0 Å². The number of rotatable bonds is 3. The van der Waals surface area contributed by atoms with Crippen molar-refractivity contribution in [3.8, 4) is 11.1 Å². The number of anilines is 2. The first-order valence-electron chi connectivity index (χ1n) is 6.58. The van der Waals surface area contributed by atoms with Crippen LogP contribution >= 0.6 is 0 Å². The molecule has 0 atom stereocenters. The Hall–Kier alpha value is -1.14. The minimum atomic E-state index is -4.69. The van der Waals surface area contributed by atoms with Crippen LogP contribution in [-0.4, -0.2) is 25.9 Å². The van der Waals surface area contributed by atoms with E-state index in [1.165, 1.54) is 12.1 Å². The third kappa shape index (κ3) is 4.53. The standard InChI is InChI=1S/C14H16N2O6S2.Na/c1-7-3-9(13(5-11(7)15)23(17,18)19)10-4-8(2)12(16)6-14(10)24(20,21)22;/h3-6H,15-16H2,1-2H3,(H,17,18,19)(H,20,21,22);/q;+1. The van der Waals surface area contributed by atoms with Gasteiger partial charge in [0.1, 0.15) is 9.79 Å². The molecule has 25 heavy (non-hydrogen) atoms. The zero-order valence-electron chi connectivity index (χ0n) is 13.8. The average molecular weight is 395 g/mol. The van der Waals surface area contributed by atoms with Crippen LogP contribution < -0.4 is 41.0 Å². The molecule has 0 spiro atoms. The van der Waals surface area contributed by atoms with Gasteiger partial charge in [-0.3, -0.25) is 9.11 Å². The van der Waals surface area contributed by atoms with Gasteiger partial charge in [-0.1, -0.05) is 0 Å². The first-order valence-corrected chi connectivity index (χ1v) is 9.46. The second kappa shape index (κ2) is 7.23. The second-order valence-electron chi connectivity index (χ2n) is 5.36. The maximum atomic E-state index is 11.7. The van der Waals surface area contributed by atoms with Gasteiger partial charge in [-0.15, -0.1) is 0 Å². The summed E-state index contributed by atoms with van der Waals surface area (Å²) in [4.78, 5) is -1.14. The van der Waals surface area contributed by atoms with Gasteiger partial charge in [-0.2, -0.15) is 16.8 Å². The smallest absolute Gasteiger partial charge is 0.398 e. The Morgan fingerprint density at radius 3 is 1.24 bits per heavy atom. The van der Waals surface area contributed by atoms with Crippen molar-refractivity contribution < 1.29 is 55.5 Å². The summed E-state index contributed by atoms with van der Waals surface area (Å²) in [6, 6.07) is 4.69. The molecule has 0 radical (unpaired) electrons. The van der Waals surface area contributed by atoms with Crippen LogP contribution in [0.3, 0.4) is 0 Å². The molecule has 0 unspecified atom stereocenters. The minimum Gasteiger partial charge on any atom is -0.398 e. The number of nitrogens with two attached hydrogens (primary N) is 2. The molecule has 6 N–H and O–H groups in total. The van der Waals surface area contributed by atoms with Gasteiger partial charge in [-0.25, -0.2) is 0 Å². The summed E-state index contributed by atoms with van der Waals surface area (Å²) >= 11 is 0. The fourth-order valence-electron chi connectivity index (χ4n) is 2.26. The largest absolute Gasteiger partial charge is 1.00 e. The Morgan fingerprint density at radius 2 is 1.00 bits per heavy atom. The van der Waals surface area contributed by atoms with E-state index in [1.807, 2.05) is 0 Å². The van der Waals surface area contributed by atoms with Crippen molar-refractivity contribution >= 4 is 31.6 Å². The Labute approximate surface area is 168 Å². The molecular formula is C14H16N2NaO6S2+. The molecule has 0 heterocycles.